The monoisotopic (exact) mass is 229 g/mol. The van der Waals surface area contributed by atoms with Gasteiger partial charge in [-0.25, -0.2) is 0 Å². The van der Waals surface area contributed by atoms with Gasteiger partial charge in [0.1, 0.15) is 5.75 Å². The Morgan fingerprint density at radius 3 is 2.87 bits per heavy atom. The van der Waals surface area contributed by atoms with Crippen molar-refractivity contribution in [3.63, 3.8) is 0 Å². The van der Waals surface area contributed by atoms with Gasteiger partial charge in [-0.15, -0.1) is 0 Å². The van der Waals surface area contributed by atoms with E-state index in [1.165, 1.54) is 0 Å². The van der Waals surface area contributed by atoms with Crippen molar-refractivity contribution in [1.82, 2.24) is 0 Å². The molecule has 0 amide bonds. The number of hydrogen-bond acceptors (Lipinski definition) is 3. The van der Waals surface area contributed by atoms with E-state index in [-0.39, 0.29) is 0 Å². The maximum atomic E-state index is 9.89. The molecule has 0 aliphatic rings. The van der Waals surface area contributed by atoms with Crippen molar-refractivity contribution in [3.8, 4) is 5.75 Å². The van der Waals surface area contributed by atoms with Gasteiger partial charge in [-0.2, -0.15) is 0 Å². The third kappa shape index (κ3) is 3.38. The van der Waals surface area contributed by atoms with Crippen LogP contribution in [0.2, 0.25) is 5.02 Å². The van der Waals surface area contributed by atoms with Crippen molar-refractivity contribution in [2.24, 2.45) is 5.73 Å². The smallest absolute Gasteiger partial charge is 0.124 e. The second kappa shape index (κ2) is 5.95. The predicted octanol–water partition coefficient (Wildman–Crippen LogP) is 2.12. The summed E-state index contributed by atoms with van der Waals surface area (Å²) in [7, 11) is 1.57. The van der Waals surface area contributed by atoms with E-state index in [1.807, 2.05) is 0 Å². The number of benzene rings is 1. The van der Waals surface area contributed by atoms with Crippen LogP contribution < -0.4 is 10.5 Å². The Hall–Kier alpha value is -0.770. The Kier molecular flexibility index (Phi) is 4.88. The van der Waals surface area contributed by atoms with Gasteiger partial charge in [-0.3, -0.25) is 0 Å². The number of rotatable bonds is 5. The van der Waals surface area contributed by atoms with Gasteiger partial charge in [-0.1, -0.05) is 11.6 Å². The molecule has 0 aromatic heterocycles. The van der Waals surface area contributed by atoms with Crippen LogP contribution in [0, 0.1) is 0 Å². The molecule has 0 aliphatic heterocycles. The summed E-state index contributed by atoms with van der Waals surface area (Å²) in [6.45, 7) is 0.569. The molecule has 0 aliphatic carbocycles. The molecule has 1 aromatic rings. The SMILES string of the molecule is COc1ccc(Cl)cc1C(O)CCCN. The molecule has 0 saturated carbocycles. The molecule has 0 fully saturated rings. The van der Waals surface area contributed by atoms with Crippen molar-refractivity contribution in [2.75, 3.05) is 13.7 Å². The number of nitrogens with two attached hydrogens (primary N) is 1. The summed E-state index contributed by atoms with van der Waals surface area (Å²) in [6, 6.07) is 5.21. The number of hydrogen-bond donors (Lipinski definition) is 2. The Morgan fingerprint density at radius 2 is 2.27 bits per heavy atom. The molecule has 0 spiro atoms. The number of aliphatic hydroxyl groups excluding tert-OH is 1. The van der Waals surface area contributed by atoms with E-state index in [0.29, 0.717) is 23.7 Å². The van der Waals surface area contributed by atoms with E-state index in [4.69, 9.17) is 22.1 Å². The highest BCUT2D eigenvalue weighted by Crippen LogP contribution is 2.30. The zero-order valence-electron chi connectivity index (χ0n) is 8.74. The van der Waals surface area contributed by atoms with Crippen molar-refractivity contribution in [3.05, 3.63) is 28.8 Å². The van der Waals surface area contributed by atoms with Crippen molar-refractivity contribution in [1.29, 1.82) is 0 Å². The average molecular weight is 230 g/mol. The molecule has 84 valence electrons. The minimum absolute atomic E-state index is 0.567. The van der Waals surface area contributed by atoms with E-state index in [2.05, 4.69) is 0 Å². The lowest BCUT2D eigenvalue weighted by Crippen LogP contribution is -2.05. The Labute approximate surface area is 94.8 Å². The maximum absolute atomic E-state index is 9.89. The Bertz CT molecular complexity index is 317. The van der Waals surface area contributed by atoms with Crippen LogP contribution in [0.25, 0.3) is 0 Å². The number of halogens is 1. The van der Waals surface area contributed by atoms with Crippen LogP contribution in [0.15, 0.2) is 18.2 Å². The van der Waals surface area contributed by atoms with E-state index < -0.39 is 6.10 Å². The van der Waals surface area contributed by atoms with Crippen LogP contribution in [-0.2, 0) is 0 Å². The van der Waals surface area contributed by atoms with Crippen molar-refractivity contribution >= 4 is 11.6 Å². The van der Waals surface area contributed by atoms with Gasteiger partial charge in [-0.05, 0) is 37.6 Å². The van der Waals surface area contributed by atoms with Crippen LogP contribution in [-0.4, -0.2) is 18.8 Å². The maximum Gasteiger partial charge on any atom is 0.124 e. The molecule has 4 heteroatoms. The molecule has 15 heavy (non-hydrogen) atoms. The van der Waals surface area contributed by atoms with E-state index in [9.17, 15) is 5.11 Å². The first-order valence-corrected chi connectivity index (χ1v) is 5.28. The molecular formula is C11H16ClNO2. The summed E-state index contributed by atoms with van der Waals surface area (Å²) >= 11 is 5.86. The van der Waals surface area contributed by atoms with Crippen LogP contribution in [0.5, 0.6) is 5.75 Å². The van der Waals surface area contributed by atoms with Gasteiger partial charge in [0, 0.05) is 10.6 Å². The minimum atomic E-state index is -0.567. The number of ether oxygens (including phenoxy) is 1. The summed E-state index contributed by atoms with van der Waals surface area (Å²) in [5, 5.41) is 10.5. The van der Waals surface area contributed by atoms with Crippen LogP contribution in [0.4, 0.5) is 0 Å². The summed E-state index contributed by atoms with van der Waals surface area (Å²) in [4.78, 5) is 0. The lowest BCUT2D eigenvalue weighted by molar-refractivity contribution is 0.161. The van der Waals surface area contributed by atoms with Crippen molar-refractivity contribution in [2.45, 2.75) is 18.9 Å². The standard InChI is InChI=1S/C11H16ClNO2/c1-15-11-5-4-8(12)7-9(11)10(14)3-2-6-13/h4-5,7,10,14H,2-3,6,13H2,1H3. The van der Waals surface area contributed by atoms with Gasteiger partial charge in [0.15, 0.2) is 0 Å². The summed E-state index contributed by atoms with van der Waals surface area (Å²) in [6.07, 6.45) is 0.825. The van der Waals surface area contributed by atoms with E-state index >= 15 is 0 Å². The van der Waals surface area contributed by atoms with Gasteiger partial charge in [0.25, 0.3) is 0 Å². The van der Waals surface area contributed by atoms with Crippen LogP contribution in [0.1, 0.15) is 24.5 Å². The number of aliphatic hydroxyl groups is 1. The molecule has 1 rings (SSSR count). The van der Waals surface area contributed by atoms with Gasteiger partial charge in [0.05, 0.1) is 13.2 Å². The summed E-state index contributed by atoms with van der Waals surface area (Å²) in [5.74, 6) is 0.656. The zero-order chi connectivity index (χ0) is 11.3. The molecule has 0 saturated heterocycles. The lowest BCUT2D eigenvalue weighted by atomic mass is 10.0. The summed E-state index contributed by atoms with van der Waals surface area (Å²) in [5.41, 5.74) is 6.11. The molecule has 1 unspecified atom stereocenters. The highest BCUT2D eigenvalue weighted by atomic mass is 35.5. The average Bonchev–Trinajstić information content (AvgIpc) is 2.25. The second-order valence-electron chi connectivity index (χ2n) is 3.33. The van der Waals surface area contributed by atoms with Gasteiger partial charge >= 0.3 is 0 Å². The Balaban J connectivity index is 2.85. The van der Waals surface area contributed by atoms with Gasteiger partial charge in [0.2, 0.25) is 0 Å². The molecule has 0 radical (unpaired) electrons. The second-order valence-corrected chi connectivity index (χ2v) is 3.77. The third-order valence-electron chi connectivity index (χ3n) is 2.23. The predicted molar refractivity (Wildman–Crippen MR) is 61.3 cm³/mol. The molecular weight excluding hydrogens is 214 g/mol. The minimum Gasteiger partial charge on any atom is -0.496 e. The summed E-state index contributed by atoms with van der Waals surface area (Å²) < 4.78 is 5.15. The molecule has 1 atom stereocenters. The van der Waals surface area contributed by atoms with Crippen LogP contribution in [0.3, 0.4) is 0 Å². The molecule has 1 aromatic carbocycles. The van der Waals surface area contributed by atoms with Crippen LogP contribution >= 0.6 is 11.6 Å². The largest absolute Gasteiger partial charge is 0.496 e. The lowest BCUT2D eigenvalue weighted by Gasteiger charge is -2.14. The highest BCUT2D eigenvalue weighted by Gasteiger charge is 2.13. The first-order valence-electron chi connectivity index (χ1n) is 4.90. The van der Waals surface area contributed by atoms with E-state index in [0.717, 1.165) is 12.0 Å². The van der Waals surface area contributed by atoms with Gasteiger partial charge < -0.3 is 15.6 Å². The third-order valence-corrected chi connectivity index (χ3v) is 2.47. The Morgan fingerprint density at radius 1 is 1.53 bits per heavy atom. The van der Waals surface area contributed by atoms with E-state index in [1.54, 1.807) is 25.3 Å². The molecule has 0 heterocycles. The topological polar surface area (TPSA) is 55.5 Å². The van der Waals surface area contributed by atoms with Crippen molar-refractivity contribution < 1.29 is 9.84 Å². The highest BCUT2D eigenvalue weighted by molar-refractivity contribution is 6.30. The molecule has 0 bridgehead atoms. The molecule has 3 nitrogen and oxygen atoms in total. The normalized spacial score (nSPS) is 12.5. The quantitative estimate of drug-likeness (QED) is 0.813. The number of methoxy groups -OCH3 is 1. The fraction of sp³-hybridized carbons (Fsp3) is 0.455. The fourth-order valence-corrected chi connectivity index (χ4v) is 1.61. The molecule has 3 N–H and O–H groups in total. The zero-order valence-corrected chi connectivity index (χ0v) is 9.50. The fourth-order valence-electron chi connectivity index (χ4n) is 1.43. The first-order chi connectivity index (χ1) is 7.19. The first kappa shape index (κ1) is 12.3.